The second-order valence-corrected chi connectivity index (χ2v) is 3.95. The molecule has 0 amide bonds. The van der Waals surface area contributed by atoms with Crippen molar-refractivity contribution in [2.45, 2.75) is 32.3 Å². The molecular formula is C12H22O6. The number of hydrogen-bond donors (Lipinski definition) is 2. The van der Waals surface area contributed by atoms with Crippen molar-refractivity contribution in [3.63, 3.8) is 0 Å². The number of aliphatic hydroxyl groups is 2. The quantitative estimate of drug-likeness (QED) is 0.259. The maximum Gasteiger partial charge on any atom is 0.308 e. The Bertz CT molecular complexity index is 251. The maximum atomic E-state index is 11.4. The van der Waals surface area contributed by atoms with Crippen LogP contribution in [0.5, 0.6) is 0 Å². The van der Waals surface area contributed by atoms with Crippen LogP contribution in [0.3, 0.4) is 0 Å². The lowest BCUT2D eigenvalue weighted by Crippen LogP contribution is -2.42. The fourth-order valence-corrected chi connectivity index (χ4v) is 1.06. The third kappa shape index (κ3) is 6.58. The molecule has 0 saturated carbocycles. The number of hydrogen-bond acceptors (Lipinski definition) is 6. The van der Waals surface area contributed by atoms with E-state index < -0.39 is 24.8 Å². The Morgan fingerprint density at radius 1 is 1.33 bits per heavy atom. The van der Waals surface area contributed by atoms with Gasteiger partial charge in [-0.1, -0.05) is 13.5 Å². The zero-order valence-electron chi connectivity index (χ0n) is 11.0. The lowest BCUT2D eigenvalue weighted by molar-refractivity contribution is -0.172. The van der Waals surface area contributed by atoms with Crippen molar-refractivity contribution < 1.29 is 29.2 Å². The molecular weight excluding hydrogens is 240 g/mol. The van der Waals surface area contributed by atoms with E-state index >= 15 is 0 Å². The molecule has 0 rings (SSSR count). The lowest BCUT2D eigenvalue weighted by atomic mass is 10.0. The van der Waals surface area contributed by atoms with Gasteiger partial charge in [-0.2, -0.15) is 0 Å². The highest BCUT2D eigenvalue weighted by Gasteiger charge is 2.30. The van der Waals surface area contributed by atoms with Crippen LogP contribution < -0.4 is 0 Å². The monoisotopic (exact) mass is 262 g/mol. The van der Waals surface area contributed by atoms with Gasteiger partial charge in [-0.3, -0.25) is 4.79 Å². The number of rotatable bonds is 10. The number of ether oxygens (including phenoxy) is 3. The third-order valence-electron chi connectivity index (χ3n) is 2.39. The number of carbonyl (C=O) groups excluding carboxylic acids is 1. The van der Waals surface area contributed by atoms with Gasteiger partial charge >= 0.3 is 5.97 Å². The number of allylic oxidation sites excluding steroid dienone is 1. The zero-order valence-corrected chi connectivity index (χ0v) is 11.0. The van der Waals surface area contributed by atoms with E-state index in [4.69, 9.17) is 24.4 Å². The molecule has 18 heavy (non-hydrogen) atoms. The first-order valence-electron chi connectivity index (χ1n) is 5.79. The molecule has 0 fully saturated rings. The second-order valence-electron chi connectivity index (χ2n) is 3.95. The van der Waals surface area contributed by atoms with Crippen LogP contribution in [0.2, 0.25) is 0 Å². The number of esters is 1. The summed E-state index contributed by atoms with van der Waals surface area (Å²) in [6.45, 7) is 6.28. The summed E-state index contributed by atoms with van der Waals surface area (Å²) in [6.07, 6.45) is 0.368. The predicted octanol–water partition coefficient (Wildman–Crippen LogP) is 0.577. The summed E-state index contributed by atoms with van der Waals surface area (Å²) in [7, 11) is 0. The molecule has 0 unspecified atom stereocenters. The molecule has 0 aromatic carbocycles. The molecule has 0 aromatic heterocycles. The van der Waals surface area contributed by atoms with Gasteiger partial charge in [0.1, 0.15) is 0 Å². The van der Waals surface area contributed by atoms with E-state index in [-0.39, 0.29) is 19.8 Å². The molecule has 0 aliphatic carbocycles. The molecule has 0 atom stereocenters. The number of carbonyl (C=O) groups is 1. The first kappa shape index (κ1) is 16.9. The van der Waals surface area contributed by atoms with E-state index in [0.717, 1.165) is 0 Å². The molecule has 0 saturated heterocycles. The normalized spacial score (nSPS) is 11.1. The van der Waals surface area contributed by atoms with Crippen LogP contribution in [0.1, 0.15) is 26.7 Å². The minimum absolute atomic E-state index is 0.0291. The van der Waals surface area contributed by atoms with E-state index in [9.17, 15) is 4.79 Å². The molecule has 0 aromatic rings. The molecule has 6 nitrogen and oxygen atoms in total. The largest absolute Gasteiger partial charge is 0.473 e. The molecule has 6 heteroatoms. The van der Waals surface area contributed by atoms with Gasteiger partial charge < -0.3 is 24.4 Å². The first-order valence-corrected chi connectivity index (χ1v) is 5.79. The SMILES string of the molecule is C=C(C)OCOCCC(=O)OC(CC)(CO)CO. The Morgan fingerprint density at radius 3 is 2.39 bits per heavy atom. The van der Waals surface area contributed by atoms with Crippen molar-refractivity contribution in [3.8, 4) is 0 Å². The molecule has 0 aliphatic heterocycles. The van der Waals surface area contributed by atoms with Crippen molar-refractivity contribution in [1.82, 2.24) is 0 Å². The predicted molar refractivity (Wildman–Crippen MR) is 64.6 cm³/mol. The van der Waals surface area contributed by atoms with Crippen molar-refractivity contribution in [2.75, 3.05) is 26.6 Å². The van der Waals surface area contributed by atoms with Crippen LogP contribution in [0.15, 0.2) is 12.3 Å². The standard InChI is InChI=1S/C12H22O6/c1-4-12(7-13,8-14)18-11(15)5-6-16-9-17-10(2)3/h13-14H,2,4-9H2,1,3H3. The van der Waals surface area contributed by atoms with Crippen LogP contribution >= 0.6 is 0 Å². The summed E-state index contributed by atoms with van der Waals surface area (Å²) in [5, 5.41) is 18.2. The van der Waals surface area contributed by atoms with Crippen LogP contribution in [0.4, 0.5) is 0 Å². The highest BCUT2D eigenvalue weighted by atomic mass is 16.7. The minimum Gasteiger partial charge on any atom is -0.473 e. The van der Waals surface area contributed by atoms with Crippen molar-refractivity contribution in [3.05, 3.63) is 12.3 Å². The van der Waals surface area contributed by atoms with E-state index in [1.807, 2.05) is 0 Å². The highest BCUT2D eigenvalue weighted by molar-refractivity contribution is 5.70. The minimum atomic E-state index is -1.20. The Hall–Kier alpha value is -1.11. The Labute approximate surface area is 107 Å². The molecule has 0 heterocycles. The summed E-state index contributed by atoms with van der Waals surface area (Å²) >= 11 is 0. The molecule has 106 valence electrons. The Kier molecular flexibility index (Phi) is 8.36. The van der Waals surface area contributed by atoms with Gasteiger partial charge in [-0.25, -0.2) is 0 Å². The van der Waals surface area contributed by atoms with Crippen LogP contribution in [0, 0.1) is 0 Å². The smallest absolute Gasteiger partial charge is 0.308 e. The van der Waals surface area contributed by atoms with Crippen molar-refractivity contribution in [1.29, 1.82) is 0 Å². The van der Waals surface area contributed by atoms with Crippen molar-refractivity contribution in [2.24, 2.45) is 0 Å². The van der Waals surface area contributed by atoms with E-state index in [1.165, 1.54) is 0 Å². The Balaban J connectivity index is 3.86. The summed E-state index contributed by atoms with van der Waals surface area (Å²) in [5.74, 6) is -0.00147. The second kappa shape index (κ2) is 8.91. The van der Waals surface area contributed by atoms with E-state index in [2.05, 4.69) is 6.58 Å². The summed E-state index contributed by atoms with van der Waals surface area (Å²) in [4.78, 5) is 11.4. The maximum absolute atomic E-state index is 11.4. The van der Waals surface area contributed by atoms with Gasteiger partial charge in [0.25, 0.3) is 0 Å². The zero-order chi connectivity index (χ0) is 14.0. The van der Waals surface area contributed by atoms with E-state index in [0.29, 0.717) is 12.2 Å². The first-order chi connectivity index (χ1) is 8.49. The van der Waals surface area contributed by atoms with Crippen LogP contribution in [-0.4, -0.2) is 48.4 Å². The van der Waals surface area contributed by atoms with Gasteiger partial charge in [0.2, 0.25) is 0 Å². The molecule has 2 N–H and O–H groups in total. The fraction of sp³-hybridized carbons (Fsp3) is 0.750. The molecule has 0 spiro atoms. The van der Waals surface area contributed by atoms with Gasteiger partial charge in [0.15, 0.2) is 12.4 Å². The highest BCUT2D eigenvalue weighted by Crippen LogP contribution is 2.15. The lowest BCUT2D eigenvalue weighted by Gasteiger charge is -2.28. The summed E-state index contributed by atoms with van der Waals surface area (Å²) in [5.41, 5.74) is -1.20. The fourth-order valence-electron chi connectivity index (χ4n) is 1.06. The van der Waals surface area contributed by atoms with Gasteiger partial charge in [0, 0.05) is 0 Å². The van der Waals surface area contributed by atoms with Crippen molar-refractivity contribution >= 4 is 5.97 Å². The average molecular weight is 262 g/mol. The molecule has 0 radical (unpaired) electrons. The average Bonchev–Trinajstić information content (AvgIpc) is 2.35. The van der Waals surface area contributed by atoms with Gasteiger partial charge in [-0.15, -0.1) is 0 Å². The van der Waals surface area contributed by atoms with Crippen LogP contribution in [0.25, 0.3) is 0 Å². The van der Waals surface area contributed by atoms with Gasteiger partial charge in [0.05, 0.1) is 32.0 Å². The van der Waals surface area contributed by atoms with E-state index in [1.54, 1.807) is 13.8 Å². The van der Waals surface area contributed by atoms with Crippen LogP contribution in [-0.2, 0) is 19.0 Å². The summed E-state index contributed by atoms with van der Waals surface area (Å²) in [6, 6.07) is 0. The number of aliphatic hydroxyl groups excluding tert-OH is 2. The molecule has 0 bridgehead atoms. The topological polar surface area (TPSA) is 85.2 Å². The summed E-state index contributed by atoms with van der Waals surface area (Å²) < 4.78 is 15.0. The third-order valence-corrected chi connectivity index (χ3v) is 2.39. The Morgan fingerprint density at radius 2 is 1.94 bits per heavy atom. The molecule has 0 aliphatic rings. The van der Waals surface area contributed by atoms with Gasteiger partial charge in [-0.05, 0) is 13.3 Å².